The van der Waals surface area contributed by atoms with Gasteiger partial charge in [0.05, 0.1) is 0 Å². The van der Waals surface area contributed by atoms with E-state index in [0.29, 0.717) is 10.7 Å². The quantitative estimate of drug-likeness (QED) is 0.785. The van der Waals surface area contributed by atoms with Crippen LogP contribution >= 0.6 is 11.3 Å². The van der Waals surface area contributed by atoms with Gasteiger partial charge in [-0.15, -0.1) is 11.3 Å². The summed E-state index contributed by atoms with van der Waals surface area (Å²) >= 11 is 1.38. The molecule has 2 aromatic rings. The topological polar surface area (TPSA) is 71.1 Å². The van der Waals surface area contributed by atoms with E-state index >= 15 is 0 Å². The molecule has 1 heterocycles. The van der Waals surface area contributed by atoms with E-state index in [9.17, 15) is 9.59 Å². The van der Waals surface area contributed by atoms with E-state index in [1.807, 2.05) is 12.3 Å². The Bertz CT molecular complexity index is 735. The van der Waals surface area contributed by atoms with Crippen molar-refractivity contribution in [3.8, 4) is 0 Å². The SMILES string of the molecule is Cc1cc(C(=O)Nc2nccs2)ccc1NC(=O)C1CCCCCC1. The predicted molar refractivity (Wildman–Crippen MR) is 101 cm³/mol. The van der Waals surface area contributed by atoms with Crippen molar-refractivity contribution in [2.24, 2.45) is 5.92 Å². The van der Waals surface area contributed by atoms with Crippen molar-refractivity contribution in [2.45, 2.75) is 45.4 Å². The van der Waals surface area contributed by atoms with E-state index in [1.165, 1.54) is 24.2 Å². The number of rotatable bonds is 4. The van der Waals surface area contributed by atoms with Crippen LogP contribution in [0.15, 0.2) is 29.8 Å². The minimum atomic E-state index is -0.195. The lowest BCUT2D eigenvalue weighted by Gasteiger charge is -2.16. The highest BCUT2D eigenvalue weighted by Crippen LogP contribution is 2.25. The third kappa shape index (κ3) is 4.66. The van der Waals surface area contributed by atoms with Crippen LogP contribution in [-0.4, -0.2) is 16.8 Å². The predicted octanol–water partition coefficient (Wildman–Crippen LogP) is 4.61. The maximum absolute atomic E-state index is 12.5. The summed E-state index contributed by atoms with van der Waals surface area (Å²) in [6.45, 7) is 1.91. The van der Waals surface area contributed by atoms with E-state index in [1.54, 1.807) is 24.4 Å². The lowest BCUT2D eigenvalue weighted by Crippen LogP contribution is -2.23. The van der Waals surface area contributed by atoms with Gasteiger partial charge in [-0.05, 0) is 43.5 Å². The average molecular weight is 357 g/mol. The summed E-state index contributed by atoms with van der Waals surface area (Å²) in [5, 5.41) is 8.19. The molecule has 1 fully saturated rings. The van der Waals surface area contributed by atoms with Crippen LogP contribution in [0.25, 0.3) is 0 Å². The number of hydrogen-bond donors (Lipinski definition) is 2. The molecule has 0 radical (unpaired) electrons. The van der Waals surface area contributed by atoms with E-state index in [4.69, 9.17) is 0 Å². The van der Waals surface area contributed by atoms with Crippen LogP contribution in [0.1, 0.15) is 54.4 Å². The van der Waals surface area contributed by atoms with E-state index in [-0.39, 0.29) is 17.7 Å². The number of carbonyl (C=O) groups is 2. The number of hydrogen-bond acceptors (Lipinski definition) is 4. The van der Waals surface area contributed by atoms with Crippen molar-refractivity contribution in [1.82, 2.24) is 4.98 Å². The molecule has 1 aliphatic rings. The van der Waals surface area contributed by atoms with Crippen LogP contribution < -0.4 is 10.6 Å². The molecule has 0 atom stereocenters. The Kier molecular flexibility index (Phi) is 5.81. The molecule has 2 N–H and O–H groups in total. The lowest BCUT2D eigenvalue weighted by molar-refractivity contribution is -0.120. The first-order valence-electron chi connectivity index (χ1n) is 8.76. The Morgan fingerprint density at radius 1 is 1.12 bits per heavy atom. The van der Waals surface area contributed by atoms with Gasteiger partial charge in [0.15, 0.2) is 5.13 Å². The van der Waals surface area contributed by atoms with Gasteiger partial charge in [-0.2, -0.15) is 0 Å². The molecular weight excluding hydrogens is 334 g/mol. The summed E-state index contributed by atoms with van der Waals surface area (Å²) in [5.74, 6) is 0.0134. The number of aromatic nitrogens is 1. The molecule has 1 aromatic heterocycles. The Hall–Kier alpha value is -2.21. The third-order valence-corrected chi connectivity index (χ3v) is 5.31. The Morgan fingerprint density at radius 3 is 2.52 bits per heavy atom. The standard InChI is InChI=1S/C19H23N3O2S/c1-13-12-15(18(24)22-19-20-10-11-25-19)8-9-16(13)21-17(23)14-6-4-2-3-5-7-14/h8-12,14H,2-7H2,1H3,(H,21,23)(H,20,22,24). The number of nitrogens with one attached hydrogen (secondary N) is 2. The molecular formula is C19H23N3O2S. The molecule has 5 nitrogen and oxygen atoms in total. The van der Waals surface area contributed by atoms with Gasteiger partial charge in [-0.1, -0.05) is 25.7 Å². The monoisotopic (exact) mass is 357 g/mol. The maximum Gasteiger partial charge on any atom is 0.257 e. The van der Waals surface area contributed by atoms with Crippen molar-refractivity contribution in [2.75, 3.05) is 10.6 Å². The highest BCUT2D eigenvalue weighted by Gasteiger charge is 2.20. The average Bonchev–Trinajstić information content (AvgIpc) is 2.95. The zero-order valence-corrected chi connectivity index (χ0v) is 15.2. The van der Waals surface area contributed by atoms with Gasteiger partial charge < -0.3 is 5.32 Å². The summed E-state index contributed by atoms with van der Waals surface area (Å²) in [5.41, 5.74) is 2.22. The summed E-state index contributed by atoms with van der Waals surface area (Å²) in [4.78, 5) is 28.8. The summed E-state index contributed by atoms with van der Waals surface area (Å²) in [6.07, 6.45) is 8.31. The fraction of sp³-hybridized carbons (Fsp3) is 0.421. The number of carbonyl (C=O) groups excluding carboxylic acids is 2. The van der Waals surface area contributed by atoms with E-state index in [0.717, 1.165) is 36.9 Å². The summed E-state index contributed by atoms with van der Waals surface area (Å²) in [7, 11) is 0. The van der Waals surface area contributed by atoms with Crippen molar-refractivity contribution < 1.29 is 9.59 Å². The molecule has 25 heavy (non-hydrogen) atoms. The Balaban J connectivity index is 1.65. The molecule has 0 spiro atoms. The highest BCUT2D eigenvalue weighted by atomic mass is 32.1. The minimum absolute atomic E-state index is 0.102. The highest BCUT2D eigenvalue weighted by molar-refractivity contribution is 7.13. The van der Waals surface area contributed by atoms with E-state index in [2.05, 4.69) is 15.6 Å². The third-order valence-electron chi connectivity index (χ3n) is 4.63. The first-order chi connectivity index (χ1) is 12.1. The molecule has 6 heteroatoms. The Labute approximate surface area is 151 Å². The fourth-order valence-corrected chi connectivity index (χ4v) is 3.70. The molecule has 132 valence electrons. The largest absolute Gasteiger partial charge is 0.326 e. The molecule has 1 saturated carbocycles. The minimum Gasteiger partial charge on any atom is -0.326 e. The maximum atomic E-state index is 12.5. The van der Waals surface area contributed by atoms with Gasteiger partial charge in [-0.3, -0.25) is 14.9 Å². The second-order valence-corrected chi connectivity index (χ2v) is 7.39. The number of aryl methyl sites for hydroxylation is 1. The smallest absolute Gasteiger partial charge is 0.257 e. The number of amides is 2. The van der Waals surface area contributed by atoms with Crippen molar-refractivity contribution in [1.29, 1.82) is 0 Å². The van der Waals surface area contributed by atoms with E-state index < -0.39 is 0 Å². The number of nitrogens with zero attached hydrogens (tertiary/aromatic N) is 1. The normalized spacial score (nSPS) is 15.4. The van der Waals surface area contributed by atoms with Gasteiger partial charge in [0.1, 0.15) is 0 Å². The summed E-state index contributed by atoms with van der Waals surface area (Å²) in [6, 6.07) is 5.34. The van der Waals surface area contributed by atoms with Crippen molar-refractivity contribution in [3.63, 3.8) is 0 Å². The first-order valence-corrected chi connectivity index (χ1v) is 9.64. The van der Waals surface area contributed by atoms with Gasteiger partial charge in [-0.25, -0.2) is 4.98 Å². The molecule has 1 aromatic carbocycles. The van der Waals surface area contributed by atoms with Crippen molar-refractivity contribution >= 4 is 34.0 Å². The fourth-order valence-electron chi connectivity index (χ4n) is 3.18. The van der Waals surface area contributed by atoms with Crippen molar-refractivity contribution in [3.05, 3.63) is 40.9 Å². The van der Waals surface area contributed by atoms with Crippen LogP contribution in [0.2, 0.25) is 0 Å². The molecule has 0 bridgehead atoms. The molecule has 0 saturated heterocycles. The first kappa shape index (κ1) is 17.6. The van der Waals surface area contributed by atoms with Crippen LogP contribution in [-0.2, 0) is 4.79 Å². The number of anilines is 2. The zero-order chi connectivity index (χ0) is 17.6. The van der Waals surface area contributed by atoms with Crippen LogP contribution in [0, 0.1) is 12.8 Å². The summed E-state index contributed by atoms with van der Waals surface area (Å²) < 4.78 is 0. The lowest BCUT2D eigenvalue weighted by atomic mass is 9.99. The molecule has 3 rings (SSSR count). The second kappa shape index (κ2) is 8.25. The van der Waals surface area contributed by atoms with Crippen LogP contribution in [0.4, 0.5) is 10.8 Å². The van der Waals surface area contributed by atoms with Crippen LogP contribution in [0.3, 0.4) is 0 Å². The van der Waals surface area contributed by atoms with Gasteiger partial charge in [0.25, 0.3) is 5.91 Å². The number of benzene rings is 1. The van der Waals surface area contributed by atoms with Gasteiger partial charge >= 0.3 is 0 Å². The number of thiazole rings is 1. The second-order valence-electron chi connectivity index (χ2n) is 6.50. The molecule has 0 aliphatic heterocycles. The molecule has 0 unspecified atom stereocenters. The van der Waals surface area contributed by atoms with Gasteiger partial charge in [0.2, 0.25) is 5.91 Å². The van der Waals surface area contributed by atoms with Crippen LogP contribution in [0.5, 0.6) is 0 Å². The molecule has 1 aliphatic carbocycles. The van der Waals surface area contributed by atoms with Gasteiger partial charge in [0, 0.05) is 28.7 Å². The Morgan fingerprint density at radius 2 is 1.88 bits per heavy atom. The zero-order valence-electron chi connectivity index (χ0n) is 14.4. The molecule has 2 amide bonds.